The van der Waals surface area contributed by atoms with Crippen LogP contribution in [0.3, 0.4) is 0 Å². The van der Waals surface area contributed by atoms with E-state index in [0.717, 1.165) is 43.6 Å². The van der Waals surface area contributed by atoms with Crippen molar-refractivity contribution >= 4 is 0 Å². The van der Waals surface area contributed by atoms with Crippen molar-refractivity contribution in [2.75, 3.05) is 6.61 Å². The molecule has 6 fully saturated rings. The molecule has 7 rings (SSSR count). The predicted molar refractivity (Wildman–Crippen MR) is 148 cm³/mol. The third kappa shape index (κ3) is 3.83. The van der Waals surface area contributed by atoms with E-state index in [1.807, 2.05) is 0 Å². The van der Waals surface area contributed by atoms with Gasteiger partial charge in [0.25, 0.3) is 0 Å². The lowest BCUT2D eigenvalue weighted by Gasteiger charge is -2.62. The zero-order chi connectivity index (χ0) is 26.3. The molecule has 2 saturated heterocycles. The summed E-state index contributed by atoms with van der Waals surface area (Å²) >= 11 is 0. The summed E-state index contributed by atoms with van der Waals surface area (Å²) in [6.07, 6.45) is 10.7. The second-order valence-electron chi connectivity index (χ2n) is 15.0. The van der Waals surface area contributed by atoms with Crippen LogP contribution in [0.4, 0.5) is 0 Å². The molecule has 13 atom stereocenters. The van der Waals surface area contributed by atoms with Crippen molar-refractivity contribution in [3.8, 4) is 0 Å². The van der Waals surface area contributed by atoms with E-state index in [-0.39, 0.29) is 23.4 Å². The lowest BCUT2D eigenvalue weighted by Crippen LogP contribution is -2.57. The van der Waals surface area contributed by atoms with Crippen molar-refractivity contribution in [1.29, 1.82) is 0 Å². The molecule has 210 valence electrons. The van der Waals surface area contributed by atoms with Gasteiger partial charge in [0.2, 0.25) is 0 Å². The van der Waals surface area contributed by atoms with Gasteiger partial charge in [0.05, 0.1) is 31.5 Å². The summed E-state index contributed by atoms with van der Waals surface area (Å²) in [5.74, 6) is 4.35. The highest BCUT2D eigenvalue weighted by atomic mass is 16.7. The average molecular weight is 523 g/mol. The fraction of sp³-hybridized carbons (Fsp3) is 0.824. The molecule has 2 aliphatic heterocycles. The quantitative estimate of drug-likeness (QED) is 0.465. The Kier molecular flexibility index (Phi) is 6.36. The van der Waals surface area contributed by atoms with Crippen LogP contribution in [0.2, 0.25) is 0 Å². The van der Waals surface area contributed by atoms with Gasteiger partial charge in [0.1, 0.15) is 0 Å². The minimum absolute atomic E-state index is 0.0551. The van der Waals surface area contributed by atoms with Crippen molar-refractivity contribution in [2.45, 2.75) is 116 Å². The molecule has 0 aromatic heterocycles. The van der Waals surface area contributed by atoms with E-state index < -0.39 is 0 Å². The Bertz CT molecular complexity index is 1000. The molecule has 1 N–H and O–H groups in total. The SMILES string of the molecule is CC1CC[C@@]2(OC1)OC1CC3C4CCC5CC(O)C(OCc6ccccc6)CC5(C)C4CCC3(C)C1[C@@H]2C. The van der Waals surface area contributed by atoms with Gasteiger partial charge in [-0.1, -0.05) is 58.0 Å². The zero-order valence-electron chi connectivity index (χ0n) is 24.1. The lowest BCUT2D eigenvalue weighted by atomic mass is 9.44. The fourth-order valence-electron chi connectivity index (χ4n) is 11.2. The van der Waals surface area contributed by atoms with E-state index in [2.05, 4.69) is 58.0 Å². The summed E-state index contributed by atoms with van der Waals surface area (Å²) in [6, 6.07) is 10.4. The number of fused-ring (bicyclic) bond motifs is 7. The molecule has 1 aromatic rings. The first kappa shape index (κ1) is 26.0. The van der Waals surface area contributed by atoms with Crippen molar-refractivity contribution in [3.05, 3.63) is 35.9 Å². The van der Waals surface area contributed by atoms with Gasteiger partial charge in [0.15, 0.2) is 5.79 Å². The molecule has 4 heteroatoms. The number of ether oxygens (including phenoxy) is 3. The minimum atomic E-state index is -0.336. The Morgan fingerprint density at radius 3 is 2.53 bits per heavy atom. The van der Waals surface area contributed by atoms with Gasteiger partial charge < -0.3 is 19.3 Å². The molecule has 4 saturated carbocycles. The normalized spacial score (nSPS) is 53.7. The topological polar surface area (TPSA) is 47.9 Å². The minimum Gasteiger partial charge on any atom is -0.390 e. The predicted octanol–water partition coefficient (Wildman–Crippen LogP) is 6.99. The summed E-state index contributed by atoms with van der Waals surface area (Å²) in [5.41, 5.74) is 1.82. The van der Waals surface area contributed by atoms with Crippen LogP contribution < -0.4 is 0 Å². The first-order chi connectivity index (χ1) is 18.2. The van der Waals surface area contributed by atoms with Gasteiger partial charge >= 0.3 is 0 Å². The molecule has 6 aliphatic rings. The molecule has 2 heterocycles. The molecule has 11 unspecified atom stereocenters. The van der Waals surface area contributed by atoms with Gasteiger partial charge in [-0.05, 0) is 103 Å². The number of aliphatic hydroxyl groups is 1. The molecular formula is C34H50O4. The van der Waals surface area contributed by atoms with E-state index in [0.29, 0.717) is 41.8 Å². The number of aliphatic hydroxyl groups excluding tert-OH is 1. The molecular weight excluding hydrogens is 472 g/mol. The number of hydrogen-bond donors (Lipinski definition) is 1. The summed E-state index contributed by atoms with van der Waals surface area (Å²) in [4.78, 5) is 0. The van der Waals surface area contributed by atoms with Crippen LogP contribution in [0.25, 0.3) is 0 Å². The van der Waals surface area contributed by atoms with Gasteiger partial charge in [-0.2, -0.15) is 0 Å². The smallest absolute Gasteiger partial charge is 0.171 e. The van der Waals surface area contributed by atoms with Crippen LogP contribution in [0, 0.1) is 52.3 Å². The van der Waals surface area contributed by atoms with Crippen LogP contribution in [-0.2, 0) is 20.8 Å². The van der Waals surface area contributed by atoms with E-state index >= 15 is 0 Å². The summed E-state index contributed by atoms with van der Waals surface area (Å²) in [5, 5.41) is 11.1. The van der Waals surface area contributed by atoms with Crippen molar-refractivity contribution < 1.29 is 19.3 Å². The third-order valence-electron chi connectivity index (χ3n) is 13.2. The Labute approximate surface area is 230 Å². The highest BCUT2D eigenvalue weighted by molar-refractivity contribution is 5.16. The highest BCUT2D eigenvalue weighted by Crippen LogP contribution is 2.71. The standard InChI is InChI=1S/C34H50O4/c1-21-12-15-34(37-19-21)22(2)31-29(38-34)17-27-25-11-10-24-16-28(35)30(36-20-23-8-6-5-7-9-23)18-33(24,4)26(25)13-14-32(27,31)3/h5-9,21-22,24-31,35H,10-20H2,1-4H3/t21?,22-,24?,25?,26?,27?,28?,29?,30?,31?,32?,33?,34+/m0/s1. The second-order valence-corrected chi connectivity index (χ2v) is 15.0. The van der Waals surface area contributed by atoms with E-state index in [9.17, 15) is 5.11 Å². The summed E-state index contributed by atoms with van der Waals surface area (Å²) < 4.78 is 19.9. The highest BCUT2D eigenvalue weighted by Gasteiger charge is 2.69. The van der Waals surface area contributed by atoms with E-state index in [4.69, 9.17) is 14.2 Å². The zero-order valence-corrected chi connectivity index (χ0v) is 24.1. The van der Waals surface area contributed by atoms with Crippen LogP contribution in [0.1, 0.15) is 91.0 Å². The van der Waals surface area contributed by atoms with Crippen LogP contribution in [0.5, 0.6) is 0 Å². The van der Waals surface area contributed by atoms with Crippen LogP contribution in [0.15, 0.2) is 30.3 Å². The van der Waals surface area contributed by atoms with Crippen molar-refractivity contribution in [2.24, 2.45) is 52.3 Å². The molecule has 38 heavy (non-hydrogen) atoms. The largest absolute Gasteiger partial charge is 0.390 e. The average Bonchev–Trinajstić information content (AvgIpc) is 3.35. The Morgan fingerprint density at radius 1 is 0.947 bits per heavy atom. The fourth-order valence-corrected chi connectivity index (χ4v) is 11.2. The molecule has 4 nitrogen and oxygen atoms in total. The molecule has 0 amide bonds. The van der Waals surface area contributed by atoms with Gasteiger partial charge in [-0.15, -0.1) is 0 Å². The number of benzene rings is 1. The van der Waals surface area contributed by atoms with Crippen molar-refractivity contribution in [1.82, 2.24) is 0 Å². The van der Waals surface area contributed by atoms with E-state index in [1.165, 1.54) is 44.1 Å². The van der Waals surface area contributed by atoms with Crippen LogP contribution in [-0.4, -0.2) is 35.8 Å². The molecule has 0 radical (unpaired) electrons. The first-order valence-electron chi connectivity index (χ1n) is 15.9. The summed E-state index contributed by atoms with van der Waals surface area (Å²) in [6.45, 7) is 11.4. The maximum absolute atomic E-state index is 11.1. The lowest BCUT2D eigenvalue weighted by molar-refractivity contribution is -0.273. The first-order valence-corrected chi connectivity index (χ1v) is 15.9. The third-order valence-corrected chi connectivity index (χ3v) is 13.2. The maximum Gasteiger partial charge on any atom is 0.171 e. The van der Waals surface area contributed by atoms with Gasteiger partial charge in [0, 0.05) is 12.3 Å². The van der Waals surface area contributed by atoms with E-state index in [1.54, 1.807) is 0 Å². The molecule has 0 bridgehead atoms. The number of rotatable bonds is 3. The Morgan fingerprint density at radius 2 is 1.76 bits per heavy atom. The van der Waals surface area contributed by atoms with Crippen molar-refractivity contribution in [3.63, 3.8) is 0 Å². The van der Waals surface area contributed by atoms with Gasteiger partial charge in [-0.3, -0.25) is 0 Å². The Hall–Kier alpha value is -0.940. The Balaban J connectivity index is 1.09. The van der Waals surface area contributed by atoms with Crippen LogP contribution >= 0.6 is 0 Å². The number of hydrogen-bond acceptors (Lipinski definition) is 4. The molecule has 1 spiro atoms. The maximum atomic E-state index is 11.1. The van der Waals surface area contributed by atoms with Gasteiger partial charge in [-0.25, -0.2) is 0 Å². The molecule has 4 aliphatic carbocycles. The molecule has 1 aromatic carbocycles. The monoisotopic (exact) mass is 522 g/mol. The second kappa shape index (κ2) is 9.29. The summed E-state index contributed by atoms with van der Waals surface area (Å²) in [7, 11) is 0.